The first-order chi connectivity index (χ1) is 24.1. The van der Waals surface area contributed by atoms with E-state index in [1.165, 1.54) is 0 Å². The van der Waals surface area contributed by atoms with E-state index in [0.717, 1.165) is 0 Å². The van der Waals surface area contributed by atoms with Gasteiger partial charge in [0.15, 0.2) is 0 Å². The molecule has 286 valence electrons. The number of carbonyl (C=O) groups excluding carboxylic acids is 2. The first-order valence-electron chi connectivity index (χ1n) is 16.2. The molecule has 14 atom stereocenters. The van der Waals surface area contributed by atoms with Crippen LogP contribution in [0.25, 0.3) is 0 Å². The Morgan fingerprint density at radius 1 is 0.667 bits per heavy atom. The molecule has 4 aliphatic heterocycles. The molecule has 0 amide bonds. The topological polar surface area (TPSA) is 252 Å². The van der Waals surface area contributed by atoms with Gasteiger partial charge in [0, 0.05) is 68.6 Å². The molecule has 17 nitrogen and oxygen atoms in total. The maximum Gasteiger partial charge on any atom is 0.320 e. The zero-order valence-electron chi connectivity index (χ0n) is 29.0. The van der Waals surface area contributed by atoms with Crippen molar-refractivity contribution in [1.82, 2.24) is 0 Å². The third-order valence-corrected chi connectivity index (χ3v) is 7.55. The average molecular weight is 763 g/mol. The Hall–Kier alpha value is -0.910. The molecule has 23 heteroatoms. The lowest BCUT2D eigenvalue weighted by atomic mass is 9.96. The Morgan fingerprint density at radius 3 is 1.39 bits per heavy atom. The molecule has 4 fully saturated rings. The van der Waals surface area contributed by atoms with E-state index in [4.69, 9.17) is 95.0 Å². The van der Waals surface area contributed by atoms with Crippen LogP contribution in [-0.4, -0.2) is 181 Å². The number of rotatable bonds is 11. The van der Waals surface area contributed by atoms with Crippen LogP contribution in [0, 0.1) is 0 Å². The molecular weight excluding hydrogens is 711 g/mol. The predicted octanol–water partition coefficient (Wildman–Crippen LogP) is -2.93. The summed E-state index contributed by atoms with van der Waals surface area (Å²) >= 11 is 0. The van der Waals surface area contributed by atoms with Crippen molar-refractivity contribution in [3.05, 3.63) is 0 Å². The summed E-state index contributed by atoms with van der Waals surface area (Å²) in [6.07, 6.45) is -0.892. The summed E-state index contributed by atoms with van der Waals surface area (Å²) in [5, 5.41) is 43.3. The summed E-state index contributed by atoms with van der Waals surface area (Å²) < 4.78 is 40.1. The molecule has 7 N–H and O–H groups in total. The second-order valence-electron chi connectivity index (χ2n) is 11.3. The maximum atomic E-state index is 11.1. The number of aliphatic hydroxyl groups excluding tert-OH is 4. The van der Waals surface area contributed by atoms with E-state index in [0.29, 0.717) is 45.3 Å². The number of carbonyl (C=O) groups is 3. The van der Waals surface area contributed by atoms with Crippen LogP contribution in [0.15, 0.2) is 0 Å². The molecule has 0 aliphatic carbocycles. The minimum atomic E-state index is -0.745. The van der Waals surface area contributed by atoms with Crippen molar-refractivity contribution in [1.29, 1.82) is 0 Å². The van der Waals surface area contributed by atoms with Gasteiger partial charge in [-0.1, -0.05) is 13.8 Å². The van der Waals surface area contributed by atoms with Crippen molar-refractivity contribution in [2.45, 2.75) is 125 Å². The summed E-state index contributed by atoms with van der Waals surface area (Å²) in [6.45, 7) is 3.54. The smallest absolute Gasteiger partial charge is 0.320 e. The predicted molar refractivity (Wildman–Crippen MR) is 191 cm³/mol. The standard InChI is InChI=1S/C8H14BO4P.C7H12BNO4.C5H10BO3P.C5H9BO3.C3H6O2/c1-2-8(10)13-5-3-7(9)12-6(5)4-11-14;8-6-1-4(5(3-10)12-6)13-7(11)2-9;6-5-1-3(7)4(9-5)2-8-10;6-5-1-3(8)4(2-7)9-5;1-2-3(4)5/h5-7H,2-4,14H2,1H3;4-6,10H,1-3,9H2;3-5,7H,1-2,10H2;3-5,7-8H,1-2H2;2H2,1H3,(H,4,5)/t5?,6-,7-;4?,5-,6-;2*3?,4-,5-;/m0000./s1. The number of hydrogen-bond donors (Lipinski definition) is 6. The fourth-order valence-corrected chi connectivity index (χ4v) is 4.93. The van der Waals surface area contributed by atoms with Crippen LogP contribution in [-0.2, 0) is 51.9 Å². The van der Waals surface area contributed by atoms with E-state index in [-0.39, 0.29) is 62.5 Å². The number of nitrogens with two attached hydrogens (primary N) is 1. The molecule has 0 aromatic rings. The summed E-state index contributed by atoms with van der Waals surface area (Å²) in [5.74, 6) is -1.49. The number of hydrogen-bond acceptors (Lipinski definition) is 16. The largest absolute Gasteiger partial charge is 0.481 e. The van der Waals surface area contributed by atoms with Crippen LogP contribution in [0.2, 0.25) is 0 Å². The van der Waals surface area contributed by atoms with Crippen molar-refractivity contribution in [3.8, 4) is 0 Å². The van der Waals surface area contributed by atoms with Gasteiger partial charge in [-0.15, -0.1) is 0 Å². The lowest BCUT2D eigenvalue weighted by molar-refractivity contribution is -0.152. The quantitative estimate of drug-likeness (QED) is 0.0700. The monoisotopic (exact) mass is 763 g/mol. The first-order valence-corrected chi connectivity index (χ1v) is 17.2. The Labute approximate surface area is 309 Å². The number of ether oxygens (including phenoxy) is 6. The minimum absolute atomic E-state index is 0.158. The number of aliphatic carboxylic acids is 1. The van der Waals surface area contributed by atoms with Crippen LogP contribution < -0.4 is 5.73 Å². The second kappa shape index (κ2) is 28.5. The molecule has 0 aromatic carbocycles. The van der Waals surface area contributed by atoms with Crippen molar-refractivity contribution < 1.29 is 77.4 Å². The molecule has 4 saturated heterocycles. The van der Waals surface area contributed by atoms with Crippen LogP contribution >= 0.6 is 18.9 Å². The van der Waals surface area contributed by atoms with Gasteiger partial charge in [0.05, 0.1) is 45.2 Å². The summed E-state index contributed by atoms with van der Waals surface area (Å²) in [7, 11) is 26.0. The molecule has 4 heterocycles. The van der Waals surface area contributed by atoms with Gasteiger partial charge >= 0.3 is 17.9 Å². The summed E-state index contributed by atoms with van der Waals surface area (Å²) in [5.41, 5.74) is 5.06. The number of carboxylic acids is 1. The highest BCUT2D eigenvalue weighted by Gasteiger charge is 2.36. The van der Waals surface area contributed by atoms with E-state index < -0.39 is 54.5 Å². The fraction of sp³-hybridized carbons (Fsp3) is 0.893. The summed E-state index contributed by atoms with van der Waals surface area (Å²) in [6, 6.07) is -1.58. The van der Waals surface area contributed by atoms with E-state index >= 15 is 0 Å². The molecule has 0 bridgehead atoms. The van der Waals surface area contributed by atoms with Gasteiger partial charge in [0.1, 0.15) is 68.0 Å². The lowest BCUT2D eigenvalue weighted by Crippen LogP contribution is -2.32. The fourth-order valence-electron chi connectivity index (χ4n) is 4.55. The van der Waals surface area contributed by atoms with E-state index in [1.54, 1.807) is 13.8 Å². The normalized spacial score (nSPS) is 33.5. The van der Waals surface area contributed by atoms with E-state index in [9.17, 15) is 19.5 Å². The average Bonchev–Trinajstić information content (AvgIpc) is 3.82. The van der Waals surface area contributed by atoms with Crippen molar-refractivity contribution in [2.24, 2.45) is 5.73 Å². The van der Waals surface area contributed by atoms with Gasteiger partial charge in [-0.3, -0.25) is 14.4 Å². The Kier molecular flexibility index (Phi) is 28.0. The zero-order valence-corrected chi connectivity index (χ0v) is 31.3. The van der Waals surface area contributed by atoms with Crippen LogP contribution in [0.5, 0.6) is 0 Å². The van der Waals surface area contributed by atoms with Crippen molar-refractivity contribution in [2.75, 3.05) is 33.0 Å². The van der Waals surface area contributed by atoms with E-state index in [1.807, 2.05) is 0 Å². The minimum Gasteiger partial charge on any atom is -0.481 e. The van der Waals surface area contributed by atoms with Gasteiger partial charge in [-0.2, -0.15) is 0 Å². The molecule has 0 saturated carbocycles. The van der Waals surface area contributed by atoms with Crippen molar-refractivity contribution >= 4 is 68.2 Å². The second-order valence-corrected chi connectivity index (χ2v) is 12.0. The Bertz CT molecular complexity index is 972. The Morgan fingerprint density at radius 2 is 1.04 bits per heavy atom. The van der Waals surface area contributed by atoms with Gasteiger partial charge < -0.3 is 68.7 Å². The van der Waals surface area contributed by atoms with Crippen LogP contribution in [0.3, 0.4) is 0 Å². The SMILES string of the molecule is CCC(=O)O.[B][C@@H]1CC(O)[C@H](CO)O1.[B][C@@H]1CC(O)[C@H](COP)O1.[B][C@@H]1CC(OC(=O)CC)[C@H](COP)O1.[B][C@@H]1CC(OC(=O)CN)[C@H](CO)O1. The maximum absolute atomic E-state index is 11.1. The molecule has 51 heavy (non-hydrogen) atoms. The molecule has 8 radical (unpaired) electrons. The van der Waals surface area contributed by atoms with Crippen LogP contribution in [0.4, 0.5) is 0 Å². The lowest BCUT2D eigenvalue weighted by Gasteiger charge is -2.17. The number of aliphatic hydroxyl groups is 4. The number of carboxylic acid groups (broad SMARTS) is 1. The number of esters is 2. The van der Waals surface area contributed by atoms with Crippen LogP contribution in [0.1, 0.15) is 52.4 Å². The molecular formula is C28H51B4NO16P2. The third kappa shape index (κ3) is 21.5. The van der Waals surface area contributed by atoms with E-state index in [2.05, 4.69) is 18.9 Å². The van der Waals surface area contributed by atoms with Gasteiger partial charge in [0.25, 0.3) is 0 Å². The highest BCUT2D eigenvalue weighted by Crippen LogP contribution is 2.23. The third-order valence-electron chi connectivity index (χ3n) is 7.17. The van der Waals surface area contributed by atoms with Crippen molar-refractivity contribution in [3.63, 3.8) is 0 Å². The Balaban J connectivity index is 0.000000633. The van der Waals surface area contributed by atoms with Gasteiger partial charge in [-0.25, -0.2) is 0 Å². The molecule has 0 spiro atoms. The molecule has 4 aliphatic rings. The molecule has 6 unspecified atom stereocenters. The molecule has 0 aromatic heterocycles. The van der Waals surface area contributed by atoms with Gasteiger partial charge in [-0.05, 0) is 12.8 Å². The zero-order chi connectivity index (χ0) is 39.1. The highest BCUT2D eigenvalue weighted by atomic mass is 31.0. The summed E-state index contributed by atoms with van der Waals surface area (Å²) in [4.78, 5) is 31.2. The molecule has 4 rings (SSSR count). The highest BCUT2D eigenvalue weighted by molar-refractivity contribution is 7.10. The van der Waals surface area contributed by atoms with Gasteiger partial charge in [0.2, 0.25) is 0 Å². The first kappa shape index (κ1) is 50.1.